The second kappa shape index (κ2) is 9.91. The van der Waals surface area contributed by atoms with Crippen molar-refractivity contribution in [1.82, 2.24) is 15.6 Å². The number of carboxylic acid groups (broad SMARTS) is 1. The van der Waals surface area contributed by atoms with E-state index in [1.165, 1.54) is 0 Å². The zero-order chi connectivity index (χ0) is 20.6. The van der Waals surface area contributed by atoms with E-state index in [0.29, 0.717) is 24.6 Å². The second-order valence-corrected chi connectivity index (χ2v) is 7.27. The fourth-order valence-electron chi connectivity index (χ4n) is 3.68. The van der Waals surface area contributed by atoms with Crippen molar-refractivity contribution in [3.05, 3.63) is 48.0 Å². The monoisotopic (exact) mass is 396 g/mol. The van der Waals surface area contributed by atoms with Crippen LogP contribution in [-0.4, -0.2) is 48.3 Å². The van der Waals surface area contributed by atoms with Gasteiger partial charge in [0, 0.05) is 37.3 Å². The Hall–Kier alpha value is -3.09. The number of nitrogens with one attached hydrogen (secondary N) is 2. The molecule has 0 spiro atoms. The summed E-state index contributed by atoms with van der Waals surface area (Å²) >= 11 is 0. The summed E-state index contributed by atoms with van der Waals surface area (Å²) in [4.78, 5) is 29.8. The molecule has 1 fully saturated rings. The third-order valence-electron chi connectivity index (χ3n) is 5.26. The van der Waals surface area contributed by atoms with Gasteiger partial charge in [-0.2, -0.15) is 0 Å². The molecule has 3 N–H and O–H groups in total. The van der Waals surface area contributed by atoms with Crippen LogP contribution in [0.3, 0.4) is 0 Å². The number of benzene rings is 1. The molecule has 154 valence electrons. The van der Waals surface area contributed by atoms with Gasteiger partial charge in [0.2, 0.25) is 0 Å². The van der Waals surface area contributed by atoms with E-state index in [4.69, 9.17) is 10.1 Å². The molecular weight excluding hydrogens is 368 g/mol. The summed E-state index contributed by atoms with van der Waals surface area (Å²) in [7, 11) is 0. The minimum Gasteiger partial charge on any atom is -0.465 e. The van der Waals surface area contributed by atoms with Crippen LogP contribution >= 0.6 is 0 Å². The van der Waals surface area contributed by atoms with E-state index < -0.39 is 6.09 Å². The van der Waals surface area contributed by atoms with E-state index in [2.05, 4.69) is 15.5 Å². The SMILES string of the molecule is CCNC(=O)c1cccc(-c2cccc(N3CCC(CCNC(=O)O)CC3)n2)c1. The molecule has 2 aromatic rings. The second-order valence-electron chi connectivity index (χ2n) is 7.27. The van der Waals surface area contributed by atoms with Crippen LogP contribution in [0.2, 0.25) is 0 Å². The van der Waals surface area contributed by atoms with Crippen LogP contribution in [0.4, 0.5) is 10.6 Å². The number of rotatable bonds is 7. The highest BCUT2D eigenvalue weighted by atomic mass is 16.4. The molecule has 0 atom stereocenters. The van der Waals surface area contributed by atoms with Gasteiger partial charge in [0.15, 0.2) is 0 Å². The molecule has 7 heteroatoms. The van der Waals surface area contributed by atoms with Gasteiger partial charge in [0.05, 0.1) is 5.69 Å². The maximum absolute atomic E-state index is 12.1. The average Bonchev–Trinajstić information content (AvgIpc) is 2.74. The molecule has 0 bridgehead atoms. The Morgan fingerprint density at radius 3 is 2.62 bits per heavy atom. The number of carbonyl (C=O) groups is 2. The van der Waals surface area contributed by atoms with Crippen LogP contribution in [-0.2, 0) is 0 Å². The standard InChI is InChI=1S/C22H28N4O3/c1-2-23-21(27)18-6-3-5-17(15-18)19-7-4-8-20(25-19)26-13-10-16(11-14-26)9-12-24-22(28)29/h3-8,15-16,24H,2,9-14H2,1H3,(H,23,27)(H,28,29). The highest BCUT2D eigenvalue weighted by molar-refractivity contribution is 5.95. The van der Waals surface area contributed by atoms with E-state index in [-0.39, 0.29) is 5.91 Å². The fourth-order valence-corrected chi connectivity index (χ4v) is 3.68. The quantitative estimate of drug-likeness (QED) is 0.667. The van der Waals surface area contributed by atoms with Crippen LogP contribution in [0.15, 0.2) is 42.5 Å². The molecule has 29 heavy (non-hydrogen) atoms. The lowest BCUT2D eigenvalue weighted by Gasteiger charge is -2.33. The van der Waals surface area contributed by atoms with Crippen molar-refractivity contribution in [2.45, 2.75) is 26.2 Å². The minimum atomic E-state index is -0.959. The zero-order valence-electron chi connectivity index (χ0n) is 16.7. The molecule has 0 aliphatic carbocycles. The summed E-state index contributed by atoms with van der Waals surface area (Å²) in [6, 6.07) is 13.5. The normalized spacial score (nSPS) is 14.4. The van der Waals surface area contributed by atoms with Crippen LogP contribution in [0.25, 0.3) is 11.3 Å². The molecule has 1 aliphatic rings. The Bertz CT molecular complexity index is 847. The maximum atomic E-state index is 12.1. The molecule has 3 rings (SSSR count). The maximum Gasteiger partial charge on any atom is 0.404 e. The van der Waals surface area contributed by atoms with E-state index in [9.17, 15) is 9.59 Å². The van der Waals surface area contributed by atoms with Crippen molar-refractivity contribution in [2.24, 2.45) is 5.92 Å². The number of aromatic nitrogens is 1. The molecule has 1 aromatic carbocycles. The molecule has 0 radical (unpaired) electrons. The van der Waals surface area contributed by atoms with Crippen LogP contribution in [0, 0.1) is 5.92 Å². The number of carbonyl (C=O) groups excluding carboxylic acids is 1. The topological polar surface area (TPSA) is 94.6 Å². The van der Waals surface area contributed by atoms with Gasteiger partial charge in [-0.05, 0) is 56.4 Å². The van der Waals surface area contributed by atoms with E-state index in [1.807, 2.05) is 49.4 Å². The Labute approximate surface area is 171 Å². The first-order valence-electron chi connectivity index (χ1n) is 10.1. The number of hydrogen-bond acceptors (Lipinski definition) is 4. The van der Waals surface area contributed by atoms with Gasteiger partial charge in [-0.15, -0.1) is 0 Å². The highest BCUT2D eigenvalue weighted by Gasteiger charge is 2.20. The predicted molar refractivity (Wildman–Crippen MR) is 113 cm³/mol. The lowest BCUT2D eigenvalue weighted by molar-refractivity contribution is 0.0955. The van der Waals surface area contributed by atoms with E-state index in [1.54, 1.807) is 0 Å². The van der Waals surface area contributed by atoms with Gasteiger partial charge in [-0.3, -0.25) is 4.79 Å². The molecule has 0 saturated carbocycles. The van der Waals surface area contributed by atoms with Gasteiger partial charge in [-0.25, -0.2) is 9.78 Å². The highest BCUT2D eigenvalue weighted by Crippen LogP contribution is 2.26. The Kier molecular flexibility index (Phi) is 7.05. The summed E-state index contributed by atoms with van der Waals surface area (Å²) in [6.45, 7) is 4.83. The molecule has 7 nitrogen and oxygen atoms in total. The Morgan fingerprint density at radius 1 is 1.14 bits per heavy atom. The molecular formula is C22H28N4O3. The van der Waals surface area contributed by atoms with Crippen molar-refractivity contribution >= 4 is 17.8 Å². The Balaban J connectivity index is 1.64. The van der Waals surface area contributed by atoms with Gasteiger partial charge < -0.3 is 20.6 Å². The lowest BCUT2D eigenvalue weighted by Crippen LogP contribution is -2.35. The summed E-state index contributed by atoms with van der Waals surface area (Å²) in [6.07, 6.45) is 1.97. The van der Waals surface area contributed by atoms with Gasteiger partial charge >= 0.3 is 6.09 Å². The molecule has 2 amide bonds. The first kappa shape index (κ1) is 20.6. The van der Waals surface area contributed by atoms with Crippen molar-refractivity contribution < 1.29 is 14.7 Å². The summed E-state index contributed by atoms with van der Waals surface area (Å²) in [5, 5.41) is 13.9. The zero-order valence-corrected chi connectivity index (χ0v) is 16.7. The van der Waals surface area contributed by atoms with Crippen LogP contribution in [0.5, 0.6) is 0 Å². The average molecular weight is 396 g/mol. The number of anilines is 1. The van der Waals surface area contributed by atoms with Crippen LogP contribution in [0.1, 0.15) is 36.5 Å². The number of hydrogen-bond donors (Lipinski definition) is 3. The smallest absolute Gasteiger partial charge is 0.404 e. The van der Waals surface area contributed by atoms with E-state index in [0.717, 1.165) is 49.4 Å². The largest absolute Gasteiger partial charge is 0.465 e. The third-order valence-corrected chi connectivity index (χ3v) is 5.26. The van der Waals surface area contributed by atoms with Crippen molar-refractivity contribution in [3.63, 3.8) is 0 Å². The summed E-state index contributed by atoms with van der Waals surface area (Å²) < 4.78 is 0. The van der Waals surface area contributed by atoms with Gasteiger partial charge in [0.25, 0.3) is 5.91 Å². The number of pyridine rings is 1. The fraction of sp³-hybridized carbons (Fsp3) is 0.409. The minimum absolute atomic E-state index is 0.0787. The van der Waals surface area contributed by atoms with Gasteiger partial charge in [-0.1, -0.05) is 18.2 Å². The summed E-state index contributed by atoms with van der Waals surface area (Å²) in [5.41, 5.74) is 2.40. The molecule has 0 unspecified atom stereocenters. The van der Waals surface area contributed by atoms with Crippen LogP contribution < -0.4 is 15.5 Å². The van der Waals surface area contributed by atoms with E-state index >= 15 is 0 Å². The Morgan fingerprint density at radius 2 is 1.90 bits per heavy atom. The number of nitrogens with zero attached hydrogens (tertiary/aromatic N) is 2. The molecule has 1 aromatic heterocycles. The van der Waals surface area contributed by atoms with Gasteiger partial charge in [0.1, 0.15) is 5.82 Å². The predicted octanol–water partition coefficient (Wildman–Crippen LogP) is 3.37. The third kappa shape index (κ3) is 5.70. The number of amides is 2. The van der Waals surface area contributed by atoms with Crippen molar-refractivity contribution in [2.75, 3.05) is 31.1 Å². The molecule has 1 aliphatic heterocycles. The molecule has 1 saturated heterocycles. The number of piperidine rings is 1. The summed E-state index contributed by atoms with van der Waals surface area (Å²) in [5.74, 6) is 1.40. The lowest BCUT2D eigenvalue weighted by atomic mass is 9.93. The van der Waals surface area contributed by atoms with Crippen molar-refractivity contribution in [3.8, 4) is 11.3 Å². The first-order valence-corrected chi connectivity index (χ1v) is 10.1. The first-order chi connectivity index (χ1) is 14.1. The molecule has 2 heterocycles. The van der Waals surface area contributed by atoms with Crippen molar-refractivity contribution in [1.29, 1.82) is 0 Å².